The van der Waals surface area contributed by atoms with Crippen molar-refractivity contribution in [3.63, 3.8) is 0 Å². The van der Waals surface area contributed by atoms with Crippen LogP contribution in [0.5, 0.6) is 5.75 Å². The molecule has 0 fully saturated rings. The zero-order valence-corrected chi connectivity index (χ0v) is 14.7. The van der Waals surface area contributed by atoms with Crippen LogP contribution in [0.1, 0.15) is 22.8 Å². The van der Waals surface area contributed by atoms with E-state index in [1.54, 1.807) is 24.3 Å². The van der Waals surface area contributed by atoms with Gasteiger partial charge in [0.1, 0.15) is 11.3 Å². The van der Waals surface area contributed by atoms with Gasteiger partial charge in [0, 0.05) is 0 Å². The molecular weight excluding hydrogens is 334 g/mol. The smallest absolute Gasteiger partial charge is 0.341 e. The first-order valence-corrected chi connectivity index (χ1v) is 8.15. The molecular formula is C20H21NO5. The summed E-state index contributed by atoms with van der Waals surface area (Å²) < 4.78 is 10.1. The van der Waals surface area contributed by atoms with E-state index in [-0.39, 0.29) is 23.7 Å². The van der Waals surface area contributed by atoms with Crippen molar-refractivity contribution in [2.45, 2.75) is 19.4 Å². The molecule has 0 radical (unpaired) electrons. The first-order chi connectivity index (χ1) is 12.5. The van der Waals surface area contributed by atoms with Gasteiger partial charge in [-0.15, -0.1) is 0 Å². The molecule has 0 bridgehead atoms. The van der Waals surface area contributed by atoms with Crippen LogP contribution in [0.2, 0.25) is 0 Å². The second-order valence-corrected chi connectivity index (χ2v) is 5.70. The number of para-hydroxylation sites is 1. The molecule has 0 unspecified atom stereocenters. The lowest BCUT2D eigenvalue weighted by Gasteiger charge is -2.17. The molecule has 0 heterocycles. The summed E-state index contributed by atoms with van der Waals surface area (Å²) in [5, 5.41) is 2.67. The Labute approximate surface area is 152 Å². The molecule has 0 saturated heterocycles. The Morgan fingerprint density at radius 3 is 2.31 bits per heavy atom. The highest BCUT2D eigenvalue weighted by molar-refractivity contribution is 5.92. The standard InChI is InChI=1S/C20H21NO5/c1-14(22)17(12-15-8-4-3-5-9-15)21-19(23)13-26-18-11-7-6-10-16(18)20(24)25-2/h3-11,17H,12-13H2,1-2H3,(H,21,23)/t17-/m1/s1. The quantitative estimate of drug-likeness (QED) is 0.734. The first-order valence-electron chi connectivity index (χ1n) is 8.15. The van der Waals surface area contributed by atoms with Gasteiger partial charge in [0.2, 0.25) is 0 Å². The monoisotopic (exact) mass is 355 g/mol. The van der Waals surface area contributed by atoms with E-state index in [4.69, 9.17) is 4.74 Å². The Hall–Kier alpha value is -3.15. The average Bonchev–Trinajstić information content (AvgIpc) is 2.66. The fraction of sp³-hybridized carbons (Fsp3) is 0.250. The zero-order valence-electron chi connectivity index (χ0n) is 14.7. The number of esters is 1. The van der Waals surface area contributed by atoms with Gasteiger partial charge >= 0.3 is 5.97 Å². The number of nitrogens with one attached hydrogen (secondary N) is 1. The number of carbonyl (C=O) groups excluding carboxylic acids is 3. The molecule has 1 N–H and O–H groups in total. The van der Waals surface area contributed by atoms with Gasteiger partial charge in [0.15, 0.2) is 12.4 Å². The van der Waals surface area contributed by atoms with E-state index in [1.807, 2.05) is 30.3 Å². The van der Waals surface area contributed by atoms with Crippen molar-refractivity contribution in [1.82, 2.24) is 5.32 Å². The Morgan fingerprint density at radius 1 is 1.00 bits per heavy atom. The van der Waals surface area contributed by atoms with Crippen LogP contribution in [0, 0.1) is 0 Å². The van der Waals surface area contributed by atoms with Crippen LogP contribution in [0.4, 0.5) is 0 Å². The minimum atomic E-state index is -0.635. The highest BCUT2D eigenvalue weighted by atomic mass is 16.5. The second-order valence-electron chi connectivity index (χ2n) is 5.70. The van der Waals surface area contributed by atoms with E-state index in [1.165, 1.54) is 14.0 Å². The lowest BCUT2D eigenvalue weighted by atomic mass is 10.0. The normalized spacial score (nSPS) is 11.3. The molecule has 6 nitrogen and oxygen atoms in total. The Balaban J connectivity index is 1.97. The number of ether oxygens (including phenoxy) is 2. The number of amides is 1. The number of Topliss-reactive ketones (excluding diaryl/α,β-unsaturated/α-hetero) is 1. The fourth-order valence-corrected chi connectivity index (χ4v) is 2.40. The summed E-state index contributed by atoms with van der Waals surface area (Å²) in [5.74, 6) is -0.887. The maximum atomic E-state index is 12.2. The summed E-state index contributed by atoms with van der Waals surface area (Å²) in [6.07, 6.45) is 0.403. The van der Waals surface area contributed by atoms with Gasteiger partial charge in [0.05, 0.1) is 13.2 Å². The molecule has 0 aromatic heterocycles. The first kappa shape index (κ1) is 19.2. The summed E-state index contributed by atoms with van der Waals surface area (Å²) in [5.41, 5.74) is 1.18. The van der Waals surface area contributed by atoms with Gasteiger partial charge in [-0.1, -0.05) is 42.5 Å². The van der Waals surface area contributed by atoms with E-state index in [0.29, 0.717) is 6.42 Å². The minimum Gasteiger partial charge on any atom is -0.483 e. The van der Waals surface area contributed by atoms with E-state index in [0.717, 1.165) is 5.56 Å². The Morgan fingerprint density at radius 2 is 1.65 bits per heavy atom. The van der Waals surface area contributed by atoms with Crippen LogP contribution in [0.15, 0.2) is 54.6 Å². The molecule has 0 aliphatic rings. The molecule has 1 atom stereocenters. The molecule has 0 aliphatic carbocycles. The van der Waals surface area contributed by atoms with Crippen LogP contribution < -0.4 is 10.1 Å². The van der Waals surface area contributed by atoms with Crippen molar-refractivity contribution in [1.29, 1.82) is 0 Å². The van der Waals surface area contributed by atoms with Crippen molar-refractivity contribution in [2.75, 3.05) is 13.7 Å². The lowest BCUT2D eigenvalue weighted by molar-refractivity contribution is -0.128. The summed E-state index contributed by atoms with van der Waals surface area (Å²) in [6.45, 7) is 1.12. The number of benzene rings is 2. The predicted octanol–water partition coefficient (Wildman–Crippen LogP) is 2.17. The third-order valence-corrected chi connectivity index (χ3v) is 3.76. The summed E-state index contributed by atoms with van der Waals surface area (Å²) in [4.78, 5) is 35.7. The Bertz CT molecular complexity index is 773. The lowest BCUT2D eigenvalue weighted by Crippen LogP contribution is -2.43. The number of carbonyl (C=O) groups is 3. The summed E-state index contributed by atoms with van der Waals surface area (Å²) >= 11 is 0. The van der Waals surface area contributed by atoms with Crippen LogP contribution in [0.3, 0.4) is 0 Å². The fourth-order valence-electron chi connectivity index (χ4n) is 2.40. The van der Waals surface area contributed by atoms with Crippen LogP contribution in [-0.4, -0.2) is 37.4 Å². The second kappa shape index (κ2) is 9.36. The molecule has 0 saturated carbocycles. The average molecular weight is 355 g/mol. The summed E-state index contributed by atoms with van der Waals surface area (Å²) in [6, 6.07) is 15.3. The molecule has 2 aromatic carbocycles. The third-order valence-electron chi connectivity index (χ3n) is 3.76. The molecule has 0 spiro atoms. The van der Waals surface area contributed by atoms with Crippen LogP contribution >= 0.6 is 0 Å². The van der Waals surface area contributed by atoms with Gasteiger partial charge in [-0.2, -0.15) is 0 Å². The van der Waals surface area contributed by atoms with Gasteiger partial charge in [-0.25, -0.2) is 4.79 Å². The molecule has 26 heavy (non-hydrogen) atoms. The van der Waals surface area contributed by atoms with Crippen molar-refractivity contribution < 1.29 is 23.9 Å². The number of methoxy groups -OCH3 is 1. The predicted molar refractivity (Wildman–Crippen MR) is 96.0 cm³/mol. The van der Waals surface area contributed by atoms with Gasteiger partial charge in [-0.05, 0) is 31.0 Å². The van der Waals surface area contributed by atoms with Crippen molar-refractivity contribution in [3.8, 4) is 5.75 Å². The van der Waals surface area contributed by atoms with Crippen molar-refractivity contribution >= 4 is 17.7 Å². The third kappa shape index (κ3) is 5.44. The van der Waals surface area contributed by atoms with E-state index in [2.05, 4.69) is 10.1 Å². The molecule has 2 rings (SSSR count). The molecule has 6 heteroatoms. The molecule has 2 aromatic rings. The number of rotatable bonds is 8. The van der Waals surface area contributed by atoms with E-state index in [9.17, 15) is 14.4 Å². The van der Waals surface area contributed by atoms with Crippen molar-refractivity contribution in [3.05, 3.63) is 65.7 Å². The van der Waals surface area contributed by atoms with Gasteiger partial charge < -0.3 is 14.8 Å². The number of hydrogen-bond acceptors (Lipinski definition) is 5. The van der Waals surface area contributed by atoms with Gasteiger partial charge in [0.25, 0.3) is 5.91 Å². The Kier molecular flexibility index (Phi) is 6.91. The topological polar surface area (TPSA) is 81.7 Å². The van der Waals surface area contributed by atoms with Crippen molar-refractivity contribution in [2.24, 2.45) is 0 Å². The van der Waals surface area contributed by atoms with Gasteiger partial charge in [-0.3, -0.25) is 9.59 Å². The van der Waals surface area contributed by atoms with E-state index >= 15 is 0 Å². The molecule has 1 amide bonds. The molecule has 0 aliphatic heterocycles. The van der Waals surface area contributed by atoms with Crippen LogP contribution in [-0.2, 0) is 20.7 Å². The SMILES string of the molecule is COC(=O)c1ccccc1OCC(=O)N[C@H](Cc1ccccc1)C(C)=O. The minimum absolute atomic E-state index is 0.142. The maximum absolute atomic E-state index is 12.2. The largest absolute Gasteiger partial charge is 0.483 e. The molecule has 136 valence electrons. The number of hydrogen-bond donors (Lipinski definition) is 1. The zero-order chi connectivity index (χ0) is 18.9. The summed E-state index contributed by atoms with van der Waals surface area (Å²) in [7, 11) is 1.27. The highest BCUT2D eigenvalue weighted by Crippen LogP contribution is 2.18. The number of ketones is 1. The highest BCUT2D eigenvalue weighted by Gasteiger charge is 2.19. The van der Waals surface area contributed by atoms with Crippen LogP contribution in [0.25, 0.3) is 0 Å². The van der Waals surface area contributed by atoms with E-state index < -0.39 is 17.9 Å². The maximum Gasteiger partial charge on any atom is 0.341 e.